The predicted octanol–water partition coefficient (Wildman–Crippen LogP) is 4.66. The lowest BCUT2D eigenvalue weighted by Gasteiger charge is -2.23. The fourth-order valence-electron chi connectivity index (χ4n) is 3.63. The summed E-state index contributed by atoms with van der Waals surface area (Å²) < 4.78 is 2.06. The van der Waals surface area contributed by atoms with Gasteiger partial charge >= 0.3 is 0 Å². The second-order valence-corrected chi connectivity index (χ2v) is 6.78. The number of hydrogen-bond donors (Lipinski definition) is 1. The molecule has 1 fully saturated rings. The number of imidazole rings is 1. The Kier molecular flexibility index (Phi) is 4.51. The number of rotatable bonds is 4. The molecule has 1 unspecified atom stereocenters. The van der Waals surface area contributed by atoms with E-state index in [2.05, 4.69) is 9.38 Å². The zero-order valence-electron chi connectivity index (χ0n) is 12.7. The van der Waals surface area contributed by atoms with Crippen LogP contribution in [0.15, 0.2) is 18.3 Å². The molecule has 0 radical (unpaired) electrons. The Bertz CT molecular complexity index is 614. The molecule has 4 heteroatoms. The van der Waals surface area contributed by atoms with Crippen LogP contribution in [0.3, 0.4) is 0 Å². The molecule has 1 saturated carbocycles. The van der Waals surface area contributed by atoms with E-state index in [1.165, 1.54) is 38.5 Å². The fourth-order valence-corrected chi connectivity index (χ4v) is 3.79. The molecule has 1 atom stereocenters. The minimum Gasteiger partial charge on any atom is -0.323 e. The Balaban J connectivity index is 1.75. The first-order valence-electron chi connectivity index (χ1n) is 8.05. The third-order valence-corrected chi connectivity index (χ3v) is 4.99. The molecule has 114 valence electrons. The molecule has 1 aliphatic carbocycles. The monoisotopic (exact) mass is 305 g/mol. The summed E-state index contributed by atoms with van der Waals surface area (Å²) >= 11 is 6.11. The highest BCUT2D eigenvalue weighted by Crippen LogP contribution is 2.30. The average molecular weight is 306 g/mol. The van der Waals surface area contributed by atoms with Gasteiger partial charge in [0, 0.05) is 12.2 Å². The molecule has 2 aromatic rings. The molecule has 2 aromatic heterocycles. The van der Waals surface area contributed by atoms with Gasteiger partial charge in [-0.15, -0.1) is 0 Å². The summed E-state index contributed by atoms with van der Waals surface area (Å²) in [5.74, 6) is 0.868. The molecule has 1 aliphatic rings. The smallest absolute Gasteiger partial charge is 0.137 e. The first-order chi connectivity index (χ1) is 10.1. The van der Waals surface area contributed by atoms with Crippen molar-refractivity contribution in [2.75, 3.05) is 0 Å². The van der Waals surface area contributed by atoms with Gasteiger partial charge in [0.05, 0.1) is 16.4 Å². The third kappa shape index (κ3) is 3.24. The highest BCUT2D eigenvalue weighted by molar-refractivity contribution is 6.30. The van der Waals surface area contributed by atoms with E-state index in [4.69, 9.17) is 17.3 Å². The van der Waals surface area contributed by atoms with Crippen LogP contribution in [-0.4, -0.2) is 9.38 Å². The summed E-state index contributed by atoms with van der Waals surface area (Å²) in [6.45, 7) is 2.04. The van der Waals surface area contributed by atoms with E-state index < -0.39 is 0 Å². The van der Waals surface area contributed by atoms with Crippen molar-refractivity contribution < 1.29 is 0 Å². The lowest BCUT2D eigenvalue weighted by Crippen LogP contribution is -2.16. The van der Waals surface area contributed by atoms with Gasteiger partial charge < -0.3 is 10.1 Å². The zero-order chi connectivity index (χ0) is 14.8. The van der Waals surface area contributed by atoms with Gasteiger partial charge in [0.15, 0.2) is 0 Å². The number of pyridine rings is 1. The van der Waals surface area contributed by atoms with E-state index in [0.717, 1.165) is 34.4 Å². The lowest BCUT2D eigenvalue weighted by molar-refractivity contribution is 0.323. The molecule has 0 amide bonds. The van der Waals surface area contributed by atoms with E-state index in [-0.39, 0.29) is 6.04 Å². The van der Waals surface area contributed by atoms with Crippen LogP contribution in [0.1, 0.15) is 62.4 Å². The van der Waals surface area contributed by atoms with Crippen molar-refractivity contribution in [3.63, 3.8) is 0 Å². The standard InChI is InChI=1S/C17H24ClN3/c1-12-17(21-11-14(18)8-10-16(21)20-12)15(19)9-7-13-5-3-2-4-6-13/h8,10-11,13,15H,2-7,9,19H2,1H3. The normalized spacial score (nSPS) is 18.2. The highest BCUT2D eigenvalue weighted by Gasteiger charge is 2.19. The SMILES string of the molecule is Cc1nc2ccc(Cl)cn2c1C(N)CCC1CCCCC1. The molecule has 2 N–H and O–H groups in total. The molecule has 0 spiro atoms. The first kappa shape index (κ1) is 14.9. The predicted molar refractivity (Wildman–Crippen MR) is 87.7 cm³/mol. The molecule has 2 heterocycles. The molecule has 3 nitrogen and oxygen atoms in total. The summed E-state index contributed by atoms with van der Waals surface area (Å²) in [6, 6.07) is 3.87. The highest BCUT2D eigenvalue weighted by atomic mass is 35.5. The maximum Gasteiger partial charge on any atom is 0.137 e. The zero-order valence-corrected chi connectivity index (χ0v) is 13.4. The second-order valence-electron chi connectivity index (χ2n) is 6.35. The van der Waals surface area contributed by atoms with Crippen molar-refractivity contribution in [2.45, 2.75) is 57.9 Å². The van der Waals surface area contributed by atoms with Crippen molar-refractivity contribution in [3.8, 4) is 0 Å². The fraction of sp³-hybridized carbons (Fsp3) is 0.588. The molecule has 0 saturated heterocycles. The number of hydrogen-bond acceptors (Lipinski definition) is 2. The van der Waals surface area contributed by atoms with E-state index in [0.29, 0.717) is 0 Å². The van der Waals surface area contributed by atoms with Gasteiger partial charge in [-0.25, -0.2) is 4.98 Å². The van der Waals surface area contributed by atoms with Gasteiger partial charge in [-0.05, 0) is 37.8 Å². The van der Waals surface area contributed by atoms with Crippen LogP contribution in [0.5, 0.6) is 0 Å². The van der Waals surface area contributed by atoms with Crippen molar-refractivity contribution in [1.29, 1.82) is 0 Å². The van der Waals surface area contributed by atoms with Gasteiger partial charge in [-0.3, -0.25) is 0 Å². The quantitative estimate of drug-likeness (QED) is 0.893. The van der Waals surface area contributed by atoms with Crippen molar-refractivity contribution >= 4 is 17.2 Å². The first-order valence-corrected chi connectivity index (χ1v) is 8.42. The number of aryl methyl sites for hydroxylation is 1. The number of nitrogens with zero attached hydrogens (tertiary/aromatic N) is 2. The van der Waals surface area contributed by atoms with Gasteiger partial charge in [-0.1, -0.05) is 43.7 Å². The Morgan fingerprint density at radius 1 is 1.33 bits per heavy atom. The molecule has 0 aromatic carbocycles. The van der Waals surface area contributed by atoms with Crippen molar-refractivity contribution in [2.24, 2.45) is 11.7 Å². The summed E-state index contributed by atoms with van der Waals surface area (Å²) in [5.41, 5.74) is 9.54. The van der Waals surface area contributed by atoms with Gasteiger partial charge in [0.25, 0.3) is 0 Å². The summed E-state index contributed by atoms with van der Waals surface area (Å²) in [6.07, 6.45) is 11.1. The van der Waals surface area contributed by atoms with E-state index in [9.17, 15) is 0 Å². The van der Waals surface area contributed by atoms with Crippen LogP contribution < -0.4 is 5.73 Å². The minimum atomic E-state index is 0.0420. The summed E-state index contributed by atoms with van der Waals surface area (Å²) in [4.78, 5) is 4.59. The van der Waals surface area contributed by atoms with Crippen LogP contribution >= 0.6 is 11.6 Å². The third-order valence-electron chi connectivity index (χ3n) is 4.77. The van der Waals surface area contributed by atoms with E-state index in [1.807, 2.05) is 25.3 Å². The maximum atomic E-state index is 6.47. The van der Waals surface area contributed by atoms with Crippen LogP contribution in [-0.2, 0) is 0 Å². The topological polar surface area (TPSA) is 43.3 Å². The van der Waals surface area contributed by atoms with Gasteiger partial charge in [0.1, 0.15) is 5.65 Å². The summed E-state index contributed by atoms with van der Waals surface area (Å²) in [7, 11) is 0. The van der Waals surface area contributed by atoms with Crippen LogP contribution in [0.4, 0.5) is 0 Å². The summed E-state index contributed by atoms with van der Waals surface area (Å²) in [5, 5.41) is 0.723. The Labute approximate surface area is 131 Å². The molecule has 21 heavy (non-hydrogen) atoms. The molecule has 0 aliphatic heterocycles. The molecule has 0 bridgehead atoms. The molecular weight excluding hydrogens is 282 g/mol. The Morgan fingerprint density at radius 3 is 2.86 bits per heavy atom. The Hall–Kier alpha value is -1.06. The lowest BCUT2D eigenvalue weighted by atomic mass is 9.85. The van der Waals surface area contributed by atoms with E-state index >= 15 is 0 Å². The van der Waals surface area contributed by atoms with Gasteiger partial charge in [-0.2, -0.15) is 0 Å². The maximum absolute atomic E-state index is 6.47. The number of aromatic nitrogens is 2. The minimum absolute atomic E-state index is 0.0420. The number of nitrogens with two attached hydrogens (primary N) is 1. The largest absolute Gasteiger partial charge is 0.323 e. The van der Waals surface area contributed by atoms with E-state index in [1.54, 1.807) is 0 Å². The van der Waals surface area contributed by atoms with Gasteiger partial charge in [0.2, 0.25) is 0 Å². The average Bonchev–Trinajstić information content (AvgIpc) is 2.81. The second kappa shape index (κ2) is 6.37. The van der Waals surface area contributed by atoms with Crippen molar-refractivity contribution in [3.05, 3.63) is 34.7 Å². The Morgan fingerprint density at radius 2 is 2.10 bits per heavy atom. The van der Waals surface area contributed by atoms with Crippen LogP contribution in [0, 0.1) is 12.8 Å². The number of halogens is 1. The number of fused-ring (bicyclic) bond motifs is 1. The molecular formula is C17H24ClN3. The van der Waals surface area contributed by atoms with Crippen molar-refractivity contribution in [1.82, 2.24) is 9.38 Å². The van der Waals surface area contributed by atoms with Crippen LogP contribution in [0.2, 0.25) is 5.02 Å². The molecule has 3 rings (SSSR count). The van der Waals surface area contributed by atoms with Crippen LogP contribution in [0.25, 0.3) is 5.65 Å².